The summed E-state index contributed by atoms with van der Waals surface area (Å²) in [6, 6.07) is 12.9. The second kappa shape index (κ2) is 6.88. The monoisotopic (exact) mass is 271 g/mol. The minimum Gasteiger partial charge on any atom is -0.314 e. The number of rotatable bonds is 5. The van der Waals surface area contributed by atoms with Crippen molar-refractivity contribution in [3.05, 3.63) is 35.9 Å². The lowest BCUT2D eigenvalue weighted by atomic mass is 9.90. The maximum Gasteiger partial charge on any atom is 0.102 e. The molecular formula is C17H25N3. The number of hydrogen-bond acceptors (Lipinski definition) is 3. The van der Waals surface area contributed by atoms with Gasteiger partial charge in [-0.05, 0) is 57.2 Å². The van der Waals surface area contributed by atoms with Crippen LogP contribution in [0.5, 0.6) is 0 Å². The third-order valence-electron chi connectivity index (χ3n) is 4.28. The molecule has 1 heterocycles. The number of benzene rings is 1. The highest BCUT2D eigenvalue weighted by Gasteiger charge is 2.22. The van der Waals surface area contributed by atoms with Crippen LogP contribution in [-0.2, 0) is 6.42 Å². The Morgan fingerprint density at radius 2 is 1.95 bits per heavy atom. The van der Waals surface area contributed by atoms with Crippen molar-refractivity contribution in [3.63, 3.8) is 0 Å². The fourth-order valence-corrected chi connectivity index (χ4v) is 2.81. The molecule has 20 heavy (non-hydrogen) atoms. The van der Waals surface area contributed by atoms with Crippen LogP contribution in [0.1, 0.15) is 31.7 Å². The lowest BCUT2D eigenvalue weighted by Gasteiger charge is -2.33. The lowest BCUT2D eigenvalue weighted by Crippen LogP contribution is -2.41. The minimum atomic E-state index is -0.680. The fraction of sp³-hybridized carbons (Fsp3) is 0.588. The van der Waals surface area contributed by atoms with E-state index < -0.39 is 5.54 Å². The van der Waals surface area contributed by atoms with Gasteiger partial charge in [0.05, 0.1) is 6.07 Å². The van der Waals surface area contributed by atoms with Gasteiger partial charge in [-0.25, -0.2) is 0 Å². The van der Waals surface area contributed by atoms with Gasteiger partial charge in [-0.1, -0.05) is 30.3 Å². The van der Waals surface area contributed by atoms with E-state index >= 15 is 0 Å². The first-order valence-electron chi connectivity index (χ1n) is 7.55. The summed E-state index contributed by atoms with van der Waals surface area (Å²) in [5.74, 6) is 0.800. The van der Waals surface area contributed by atoms with E-state index in [1.165, 1.54) is 24.8 Å². The zero-order chi connectivity index (χ0) is 14.4. The zero-order valence-corrected chi connectivity index (χ0v) is 12.4. The van der Waals surface area contributed by atoms with E-state index in [1.807, 2.05) is 6.92 Å². The molecule has 0 radical (unpaired) electrons. The average Bonchev–Trinajstić information content (AvgIpc) is 2.48. The second-order valence-corrected chi connectivity index (χ2v) is 6.25. The molecule has 3 nitrogen and oxygen atoms in total. The van der Waals surface area contributed by atoms with Crippen LogP contribution in [0.3, 0.4) is 0 Å². The van der Waals surface area contributed by atoms with Crippen molar-refractivity contribution in [2.75, 3.05) is 19.6 Å². The van der Waals surface area contributed by atoms with Crippen LogP contribution in [0.15, 0.2) is 30.3 Å². The highest BCUT2D eigenvalue weighted by atomic mass is 15.1. The van der Waals surface area contributed by atoms with Crippen LogP contribution in [-0.4, -0.2) is 30.1 Å². The molecule has 1 aliphatic rings. The molecule has 0 aromatic heterocycles. The van der Waals surface area contributed by atoms with Crippen molar-refractivity contribution >= 4 is 0 Å². The van der Waals surface area contributed by atoms with E-state index in [0.29, 0.717) is 0 Å². The van der Waals surface area contributed by atoms with Crippen LogP contribution < -0.4 is 5.73 Å². The number of likely N-dealkylation sites (tertiary alicyclic amines) is 1. The molecule has 1 aliphatic heterocycles. The van der Waals surface area contributed by atoms with Gasteiger partial charge in [-0.2, -0.15) is 5.26 Å². The fourth-order valence-electron chi connectivity index (χ4n) is 2.81. The molecule has 1 saturated heterocycles. The lowest BCUT2D eigenvalue weighted by molar-refractivity contribution is 0.175. The summed E-state index contributed by atoms with van der Waals surface area (Å²) >= 11 is 0. The van der Waals surface area contributed by atoms with Gasteiger partial charge in [-0.15, -0.1) is 0 Å². The van der Waals surface area contributed by atoms with Crippen molar-refractivity contribution in [1.82, 2.24) is 4.90 Å². The molecule has 1 unspecified atom stereocenters. The van der Waals surface area contributed by atoms with Gasteiger partial charge in [-0.3, -0.25) is 0 Å². The van der Waals surface area contributed by atoms with Gasteiger partial charge in [0.15, 0.2) is 0 Å². The van der Waals surface area contributed by atoms with Gasteiger partial charge in [0, 0.05) is 6.54 Å². The first-order valence-corrected chi connectivity index (χ1v) is 7.55. The number of nitriles is 1. The molecule has 1 aromatic rings. The maximum absolute atomic E-state index is 8.94. The van der Waals surface area contributed by atoms with Crippen LogP contribution in [0.2, 0.25) is 0 Å². The maximum atomic E-state index is 8.94. The van der Waals surface area contributed by atoms with E-state index in [1.54, 1.807) is 0 Å². The molecule has 1 aromatic carbocycles. The Labute approximate surface area is 122 Å². The predicted molar refractivity (Wildman–Crippen MR) is 82.1 cm³/mol. The van der Waals surface area contributed by atoms with Gasteiger partial charge in [0.25, 0.3) is 0 Å². The Bertz CT molecular complexity index is 439. The Kier molecular flexibility index (Phi) is 5.17. The van der Waals surface area contributed by atoms with Crippen LogP contribution in [0.25, 0.3) is 0 Å². The topological polar surface area (TPSA) is 53.1 Å². The summed E-state index contributed by atoms with van der Waals surface area (Å²) in [5, 5.41) is 8.94. The molecule has 0 bridgehead atoms. The van der Waals surface area contributed by atoms with Gasteiger partial charge in [0.1, 0.15) is 5.54 Å². The van der Waals surface area contributed by atoms with E-state index in [4.69, 9.17) is 11.0 Å². The van der Waals surface area contributed by atoms with Crippen molar-refractivity contribution in [2.24, 2.45) is 11.7 Å². The molecular weight excluding hydrogens is 246 g/mol. The molecule has 0 saturated carbocycles. The standard InChI is InChI=1S/C17H25N3/c1-17(19,14-18)9-12-20-10-7-16(8-11-20)13-15-5-3-2-4-6-15/h2-6,16H,7-13,19H2,1H3. The zero-order valence-electron chi connectivity index (χ0n) is 12.4. The number of nitrogens with two attached hydrogens (primary N) is 1. The Morgan fingerprint density at radius 1 is 1.30 bits per heavy atom. The molecule has 2 rings (SSSR count). The number of nitrogens with zero attached hydrogens (tertiary/aromatic N) is 2. The number of hydrogen-bond donors (Lipinski definition) is 1. The van der Waals surface area contributed by atoms with Crippen LogP contribution in [0.4, 0.5) is 0 Å². The molecule has 1 fully saturated rings. The van der Waals surface area contributed by atoms with Gasteiger partial charge < -0.3 is 10.6 Å². The average molecular weight is 271 g/mol. The molecule has 3 heteroatoms. The smallest absolute Gasteiger partial charge is 0.102 e. The van der Waals surface area contributed by atoms with Crippen molar-refractivity contribution in [3.8, 4) is 6.07 Å². The quantitative estimate of drug-likeness (QED) is 0.895. The highest BCUT2D eigenvalue weighted by molar-refractivity contribution is 5.15. The molecule has 0 amide bonds. The van der Waals surface area contributed by atoms with E-state index in [-0.39, 0.29) is 0 Å². The summed E-state index contributed by atoms with van der Waals surface area (Å²) in [4.78, 5) is 2.45. The normalized spacial score (nSPS) is 20.2. The molecule has 0 aliphatic carbocycles. The predicted octanol–water partition coefficient (Wildman–Crippen LogP) is 2.57. The molecule has 108 valence electrons. The summed E-state index contributed by atoms with van der Waals surface area (Å²) < 4.78 is 0. The SMILES string of the molecule is CC(N)(C#N)CCN1CCC(Cc2ccccc2)CC1. The van der Waals surface area contributed by atoms with Crippen LogP contribution >= 0.6 is 0 Å². The summed E-state index contributed by atoms with van der Waals surface area (Å²) in [6.45, 7) is 5.03. The first-order chi connectivity index (χ1) is 9.59. The van der Waals surface area contributed by atoms with Crippen molar-refractivity contribution in [2.45, 2.75) is 38.1 Å². The summed E-state index contributed by atoms with van der Waals surface area (Å²) in [6.07, 6.45) is 4.46. The highest BCUT2D eigenvalue weighted by Crippen LogP contribution is 2.22. The Morgan fingerprint density at radius 3 is 2.55 bits per heavy atom. The molecule has 2 N–H and O–H groups in total. The van der Waals surface area contributed by atoms with Gasteiger partial charge >= 0.3 is 0 Å². The third kappa shape index (κ3) is 4.63. The Hall–Kier alpha value is -1.37. The molecule has 0 spiro atoms. The summed E-state index contributed by atoms with van der Waals surface area (Å²) in [5.41, 5.74) is 6.64. The minimum absolute atomic E-state index is 0.680. The Balaban J connectivity index is 1.72. The second-order valence-electron chi connectivity index (χ2n) is 6.25. The number of piperidine rings is 1. The van der Waals surface area contributed by atoms with Crippen molar-refractivity contribution < 1.29 is 0 Å². The summed E-state index contributed by atoms with van der Waals surface area (Å²) in [7, 11) is 0. The van der Waals surface area contributed by atoms with E-state index in [2.05, 4.69) is 41.3 Å². The van der Waals surface area contributed by atoms with E-state index in [9.17, 15) is 0 Å². The largest absolute Gasteiger partial charge is 0.314 e. The third-order valence-corrected chi connectivity index (χ3v) is 4.28. The molecule has 1 atom stereocenters. The van der Waals surface area contributed by atoms with E-state index in [0.717, 1.165) is 32.0 Å². The van der Waals surface area contributed by atoms with Crippen molar-refractivity contribution in [1.29, 1.82) is 5.26 Å². The van der Waals surface area contributed by atoms with Gasteiger partial charge in [0.2, 0.25) is 0 Å². The van der Waals surface area contributed by atoms with Crippen LogP contribution in [0, 0.1) is 17.2 Å². The first kappa shape index (κ1) is 15.0.